The van der Waals surface area contributed by atoms with Crippen LogP contribution < -0.4 is 4.74 Å². The molecule has 1 aromatic rings. The Bertz CT molecular complexity index is 609. The highest BCUT2D eigenvalue weighted by Gasteiger charge is 2.20. The smallest absolute Gasteiger partial charge is 0.336 e. The Morgan fingerprint density at radius 1 is 0.767 bits per heavy atom. The molecule has 0 aliphatic carbocycles. The average Bonchev–Trinajstić information content (AvgIpc) is 2.75. The van der Waals surface area contributed by atoms with Crippen LogP contribution in [0.2, 0.25) is 0 Å². The molecule has 0 bridgehead atoms. The van der Waals surface area contributed by atoms with Gasteiger partial charge in [0.1, 0.15) is 5.75 Å². The number of Topliss-reactive ketones (excluding diaryl/α,β-unsaturated/α-hetero) is 1. The predicted octanol–water partition coefficient (Wildman–Crippen LogP) is 7.84. The van der Waals surface area contributed by atoms with Crippen LogP contribution in [0.4, 0.5) is 0 Å². The fourth-order valence-corrected chi connectivity index (χ4v) is 3.77. The van der Waals surface area contributed by atoms with Crippen molar-refractivity contribution in [2.75, 3.05) is 6.61 Å². The van der Waals surface area contributed by atoms with E-state index < -0.39 is 5.97 Å². The first-order valence-electron chi connectivity index (χ1n) is 12.1. The molecule has 0 saturated carbocycles. The topological polar surface area (TPSA) is 63.6 Å². The molecule has 0 radical (unpaired) electrons. The quantitative estimate of drug-likeness (QED) is 0.184. The third-order valence-electron chi connectivity index (χ3n) is 5.61. The Kier molecular flexibility index (Phi) is 14.8. The van der Waals surface area contributed by atoms with Crippen molar-refractivity contribution < 1.29 is 19.4 Å². The fraction of sp³-hybridized carbons (Fsp3) is 0.692. The number of carboxylic acids is 1. The lowest BCUT2D eigenvalue weighted by Gasteiger charge is -2.12. The number of ketones is 1. The van der Waals surface area contributed by atoms with Crippen LogP contribution in [0.3, 0.4) is 0 Å². The van der Waals surface area contributed by atoms with Gasteiger partial charge in [0, 0.05) is 6.42 Å². The molecule has 0 saturated heterocycles. The molecule has 0 spiro atoms. The van der Waals surface area contributed by atoms with Crippen LogP contribution in [0.1, 0.15) is 131 Å². The average molecular weight is 419 g/mol. The Hall–Kier alpha value is -1.84. The summed E-state index contributed by atoms with van der Waals surface area (Å²) in [5, 5.41) is 9.33. The van der Waals surface area contributed by atoms with Crippen molar-refractivity contribution in [3.05, 3.63) is 29.3 Å². The van der Waals surface area contributed by atoms with E-state index in [9.17, 15) is 14.7 Å². The molecular formula is C26H42O4. The fourth-order valence-electron chi connectivity index (χ4n) is 3.77. The molecule has 0 atom stereocenters. The molecule has 0 amide bonds. The van der Waals surface area contributed by atoms with E-state index >= 15 is 0 Å². The molecule has 1 N–H and O–H groups in total. The lowest BCUT2D eigenvalue weighted by molar-refractivity contribution is 0.0691. The van der Waals surface area contributed by atoms with Crippen LogP contribution >= 0.6 is 0 Å². The summed E-state index contributed by atoms with van der Waals surface area (Å²) in [7, 11) is 0. The summed E-state index contributed by atoms with van der Waals surface area (Å²) in [4.78, 5) is 23.6. The SMILES string of the molecule is CCCCCCCCCCCCCCCCOc1cccc(C(=O)O)c1C(=O)CC. The third kappa shape index (κ3) is 10.8. The van der Waals surface area contributed by atoms with Gasteiger partial charge in [-0.15, -0.1) is 0 Å². The predicted molar refractivity (Wildman–Crippen MR) is 124 cm³/mol. The normalized spacial score (nSPS) is 10.9. The minimum Gasteiger partial charge on any atom is -0.493 e. The molecule has 170 valence electrons. The number of carboxylic acid groups (broad SMARTS) is 1. The van der Waals surface area contributed by atoms with Crippen molar-refractivity contribution in [3.8, 4) is 5.75 Å². The molecule has 0 heterocycles. The van der Waals surface area contributed by atoms with Gasteiger partial charge in [-0.05, 0) is 18.6 Å². The Labute approximate surface area is 183 Å². The molecular weight excluding hydrogens is 376 g/mol. The van der Waals surface area contributed by atoms with Crippen LogP contribution in [-0.4, -0.2) is 23.5 Å². The Morgan fingerprint density at radius 3 is 1.73 bits per heavy atom. The summed E-state index contributed by atoms with van der Waals surface area (Å²) in [6, 6.07) is 4.79. The van der Waals surface area contributed by atoms with Crippen molar-refractivity contribution in [2.45, 2.75) is 110 Å². The summed E-state index contributed by atoms with van der Waals surface area (Å²) in [6.45, 7) is 4.52. The number of aromatic carboxylic acids is 1. The van der Waals surface area contributed by atoms with Gasteiger partial charge in [-0.25, -0.2) is 4.79 Å². The van der Waals surface area contributed by atoms with E-state index in [4.69, 9.17) is 4.74 Å². The molecule has 0 unspecified atom stereocenters. The van der Waals surface area contributed by atoms with Gasteiger partial charge < -0.3 is 9.84 Å². The molecule has 0 aliphatic heterocycles. The van der Waals surface area contributed by atoms with E-state index in [1.54, 1.807) is 19.1 Å². The van der Waals surface area contributed by atoms with Crippen molar-refractivity contribution in [3.63, 3.8) is 0 Å². The lowest BCUT2D eigenvalue weighted by atomic mass is 10.0. The number of rotatable bonds is 19. The van der Waals surface area contributed by atoms with E-state index in [1.165, 1.54) is 83.1 Å². The minimum absolute atomic E-state index is 0.0281. The summed E-state index contributed by atoms with van der Waals surface area (Å²) in [5.41, 5.74) is 0.234. The largest absolute Gasteiger partial charge is 0.493 e. The van der Waals surface area contributed by atoms with Gasteiger partial charge in [0.15, 0.2) is 5.78 Å². The molecule has 30 heavy (non-hydrogen) atoms. The molecule has 0 aliphatic rings. The maximum Gasteiger partial charge on any atom is 0.336 e. The number of hydrogen-bond donors (Lipinski definition) is 1. The standard InChI is InChI=1S/C26H42O4/c1-3-5-6-7-8-9-10-11-12-13-14-15-16-17-21-30-24-20-18-19-22(26(28)29)25(24)23(27)4-2/h18-20H,3-17,21H2,1-2H3,(H,28,29). The van der Waals surface area contributed by atoms with Gasteiger partial charge in [-0.2, -0.15) is 0 Å². The van der Waals surface area contributed by atoms with Gasteiger partial charge in [0.2, 0.25) is 0 Å². The number of unbranched alkanes of at least 4 members (excludes halogenated alkanes) is 13. The molecule has 4 heteroatoms. The number of carbonyl (C=O) groups excluding carboxylic acids is 1. The molecule has 1 rings (SSSR count). The van der Waals surface area contributed by atoms with Crippen LogP contribution in [0.25, 0.3) is 0 Å². The minimum atomic E-state index is -1.09. The van der Waals surface area contributed by atoms with Crippen LogP contribution in [0, 0.1) is 0 Å². The highest BCUT2D eigenvalue weighted by atomic mass is 16.5. The van der Waals surface area contributed by atoms with Crippen molar-refractivity contribution in [1.82, 2.24) is 0 Å². The van der Waals surface area contributed by atoms with Crippen molar-refractivity contribution in [1.29, 1.82) is 0 Å². The number of benzene rings is 1. The molecule has 4 nitrogen and oxygen atoms in total. The zero-order valence-corrected chi connectivity index (χ0v) is 19.2. The summed E-state index contributed by atoms with van der Waals surface area (Å²) >= 11 is 0. The zero-order valence-electron chi connectivity index (χ0n) is 19.2. The Morgan fingerprint density at radius 2 is 1.27 bits per heavy atom. The lowest BCUT2D eigenvalue weighted by Crippen LogP contribution is -2.11. The number of carbonyl (C=O) groups is 2. The number of ether oxygens (including phenoxy) is 1. The van der Waals surface area contributed by atoms with Crippen molar-refractivity contribution >= 4 is 11.8 Å². The highest BCUT2D eigenvalue weighted by Crippen LogP contribution is 2.25. The van der Waals surface area contributed by atoms with E-state index in [2.05, 4.69) is 6.92 Å². The zero-order chi connectivity index (χ0) is 22.0. The third-order valence-corrected chi connectivity index (χ3v) is 5.61. The van der Waals surface area contributed by atoms with Crippen LogP contribution in [0.15, 0.2) is 18.2 Å². The summed E-state index contributed by atoms with van der Waals surface area (Å²) < 4.78 is 5.77. The van der Waals surface area contributed by atoms with Gasteiger partial charge in [0.05, 0.1) is 17.7 Å². The van der Waals surface area contributed by atoms with Gasteiger partial charge >= 0.3 is 5.97 Å². The summed E-state index contributed by atoms with van der Waals surface area (Å²) in [6.07, 6.45) is 18.5. The first-order chi connectivity index (χ1) is 14.6. The Balaban J connectivity index is 2.12. The second kappa shape index (κ2) is 16.9. The van der Waals surface area contributed by atoms with Gasteiger partial charge in [0.25, 0.3) is 0 Å². The van der Waals surface area contributed by atoms with E-state index in [0.717, 1.165) is 12.8 Å². The van der Waals surface area contributed by atoms with E-state index in [-0.39, 0.29) is 23.3 Å². The van der Waals surface area contributed by atoms with Gasteiger partial charge in [-0.1, -0.05) is 103 Å². The maximum absolute atomic E-state index is 12.2. The van der Waals surface area contributed by atoms with E-state index in [1.807, 2.05) is 0 Å². The molecule has 1 aromatic carbocycles. The monoisotopic (exact) mass is 418 g/mol. The first-order valence-corrected chi connectivity index (χ1v) is 12.1. The van der Waals surface area contributed by atoms with Crippen molar-refractivity contribution in [2.24, 2.45) is 0 Å². The van der Waals surface area contributed by atoms with Crippen LogP contribution in [0.5, 0.6) is 5.75 Å². The van der Waals surface area contributed by atoms with E-state index in [0.29, 0.717) is 12.4 Å². The first kappa shape index (κ1) is 26.2. The maximum atomic E-state index is 12.2. The number of hydrogen-bond acceptors (Lipinski definition) is 3. The summed E-state index contributed by atoms with van der Waals surface area (Å²) in [5.74, 6) is -0.880. The second-order valence-electron chi connectivity index (χ2n) is 8.21. The molecule has 0 aromatic heterocycles. The highest BCUT2D eigenvalue weighted by molar-refractivity contribution is 6.07. The molecule has 0 fully saturated rings. The second-order valence-corrected chi connectivity index (χ2v) is 8.21. The van der Waals surface area contributed by atoms with Gasteiger partial charge in [-0.3, -0.25) is 4.79 Å². The van der Waals surface area contributed by atoms with Crippen LogP contribution in [-0.2, 0) is 0 Å².